The number of carboxylic acids is 1. The SMILES string of the molecule is O=C(O)C1CCC(CNCCOC(F)(F)F)CC1. The average Bonchev–Trinajstić information content (AvgIpc) is 2.27. The summed E-state index contributed by atoms with van der Waals surface area (Å²) in [6.07, 6.45) is -1.64. The molecule has 18 heavy (non-hydrogen) atoms. The lowest BCUT2D eigenvalue weighted by atomic mass is 9.82. The first-order valence-electron chi connectivity index (χ1n) is 6.02. The Kier molecular flexibility index (Phi) is 5.87. The van der Waals surface area contributed by atoms with Gasteiger partial charge in [-0.2, -0.15) is 0 Å². The molecule has 1 aliphatic carbocycles. The van der Waals surface area contributed by atoms with Crippen molar-refractivity contribution in [3.05, 3.63) is 0 Å². The molecule has 1 rings (SSSR count). The lowest BCUT2D eigenvalue weighted by Gasteiger charge is -2.26. The molecule has 0 radical (unpaired) electrons. The van der Waals surface area contributed by atoms with Gasteiger partial charge in [0.15, 0.2) is 0 Å². The highest BCUT2D eigenvalue weighted by molar-refractivity contribution is 5.69. The summed E-state index contributed by atoms with van der Waals surface area (Å²) in [7, 11) is 0. The number of carbonyl (C=O) groups is 1. The Balaban J connectivity index is 2.03. The van der Waals surface area contributed by atoms with Crippen LogP contribution in [-0.4, -0.2) is 37.1 Å². The standard InChI is InChI=1S/C11H18F3NO3/c12-11(13,14)18-6-5-15-7-8-1-3-9(4-2-8)10(16)17/h8-9,15H,1-7H2,(H,16,17). The van der Waals surface area contributed by atoms with Crippen molar-refractivity contribution in [3.8, 4) is 0 Å². The zero-order chi connectivity index (χ0) is 13.6. The molecule has 0 spiro atoms. The van der Waals surface area contributed by atoms with Gasteiger partial charge < -0.3 is 10.4 Å². The highest BCUT2D eigenvalue weighted by Crippen LogP contribution is 2.28. The third-order valence-electron chi connectivity index (χ3n) is 3.17. The molecule has 0 aliphatic heterocycles. The van der Waals surface area contributed by atoms with Crippen molar-refractivity contribution in [2.45, 2.75) is 32.0 Å². The minimum atomic E-state index is -4.57. The first-order valence-corrected chi connectivity index (χ1v) is 6.02. The molecule has 7 heteroatoms. The van der Waals surface area contributed by atoms with Crippen molar-refractivity contribution in [2.24, 2.45) is 11.8 Å². The van der Waals surface area contributed by atoms with Gasteiger partial charge in [0, 0.05) is 6.54 Å². The molecule has 0 heterocycles. The van der Waals surface area contributed by atoms with Gasteiger partial charge >= 0.3 is 12.3 Å². The maximum Gasteiger partial charge on any atom is 0.522 e. The average molecular weight is 269 g/mol. The van der Waals surface area contributed by atoms with Gasteiger partial charge in [0.05, 0.1) is 12.5 Å². The van der Waals surface area contributed by atoms with Crippen molar-refractivity contribution in [3.63, 3.8) is 0 Å². The fraction of sp³-hybridized carbons (Fsp3) is 0.909. The van der Waals surface area contributed by atoms with E-state index in [1.54, 1.807) is 0 Å². The number of halogens is 3. The Morgan fingerprint density at radius 1 is 1.28 bits per heavy atom. The van der Waals surface area contributed by atoms with Crippen LogP contribution >= 0.6 is 0 Å². The van der Waals surface area contributed by atoms with Gasteiger partial charge in [-0.05, 0) is 38.1 Å². The number of alkyl halides is 3. The smallest absolute Gasteiger partial charge is 0.481 e. The zero-order valence-electron chi connectivity index (χ0n) is 10.0. The zero-order valence-corrected chi connectivity index (χ0v) is 10.0. The van der Waals surface area contributed by atoms with Crippen LogP contribution < -0.4 is 5.32 Å². The molecule has 0 saturated heterocycles. The van der Waals surface area contributed by atoms with Crippen LogP contribution in [0, 0.1) is 11.8 Å². The Morgan fingerprint density at radius 3 is 2.39 bits per heavy atom. The normalized spacial score (nSPS) is 25.1. The van der Waals surface area contributed by atoms with Crippen molar-refractivity contribution in [1.29, 1.82) is 0 Å². The van der Waals surface area contributed by atoms with Crippen LogP contribution in [0.4, 0.5) is 13.2 Å². The summed E-state index contributed by atoms with van der Waals surface area (Å²) in [6, 6.07) is 0. The van der Waals surface area contributed by atoms with E-state index in [0.717, 1.165) is 12.8 Å². The van der Waals surface area contributed by atoms with Gasteiger partial charge in [-0.3, -0.25) is 9.53 Å². The largest absolute Gasteiger partial charge is 0.522 e. The number of rotatable bonds is 6. The minimum absolute atomic E-state index is 0.151. The molecule has 0 atom stereocenters. The first kappa shape index (κ1) is 15.2. The number of hydrogen-bond acceptors (Lipinski definition) is 3. The van der Waals surface area contributed by atoms with Crippen molar-refractivity contribution >= 4 is 5.97 Å². The van der Waals surface area contributed by atoms with Gasteiger partial charge in [0.25, 0.3) is 0 Å². The summed E-state index contributed by atoms with van der Waals surface area (Å²) >= 11 is 0. The summed E-state index contributed by atoms with van der Waals surface area (Å²) in [4.78, 5) is 10.7. The van der Waals surface area contributed by atoms with E-state index in [-0.39, 0.29) is 12.5 Å². The number of carboxylic acid groups (broad SMARTS) is 1. The van der Waals surface area contributed by atoms with E-state index in [1.165, 1.54) is 0 Å². The van der Waals surface area contributed by atoms with Gasteiger partial charge in [-0.25, -0.2) is 0 Å². The van der Waals surface area contributed by atoms with E-state index in [9.17, 15) is 18.0 Å². The Bertz CT molecular complexity index is 263. The third kappa shape index (κ3) is 6.20. The van der Waals surface area contributed by atoms with Gasteiger partial charge in [0.2, 0.25) is 0 Å². The molecule has 0 amide bonds. The molecule has 4 nitrogen and oxygen atoms in total. The molecule has 0 unspecified atom stereocenters. The number of ether oxygens (including phenoxy) is 1. The predicted octanol–water partition coefficient (Wildman–Crippen LogP) is 2.00. The monoisotopic (exact) mass is 269 g/mol. The van der Waals surface area contributed by atoms with Gasteiger partial charge in [-0.1, -0.05) is 0 Å². The first-order chi connectivity index (χ1) is 8.38. The highest BCUT2D eigenvalue weighted by Gasteiger charge is 2.28. The molecular weight excluding hydrogens is 251 g/mol. The Morgan fingerprint density at radius 2 is 1.89 bits per heavy atom. The Hall–Kier alpha value is -0.820. The maximum absolute atomic E-state index is 11.7. The fourth-order valence-electron chi connectivity index (χ4n) is 2.16. The quantitative estimate of drug-likeness (QED) is 0.724. The van der Waals surface area contributed by atoms with Gasteiger partial charge in [0.1, 0.15) is 0 Å². The molecule has 0 aromatic rings. The number of hydrogen-bond donors (Lipinski definition) is 2. The fourth-order valence-corrected chi connectivity index (χ4v) is 2.16. The lowest BCUT2D eigenvalue weighted by Crippen LogP contribution is -2.31. The highest BCUT2D eigenvalue weighted by atomic mass is 19.4. The van der Waals surface area contributed by atoms with E-state index >= 15 is 0 Å². The summed E-state index contributed by atoms with van der Waals surface area (Å²) in [5, 5.41) is 11.7. The van der Waals surface area contributed by atoms with Crippen molar-refractivity contribution < 1.29 is 27.8 Å². The van der Waals surface area contributed by atoms with Crippen LogP contribution in [0.2, 0.25) is 0 Å². The maximum atomic E-state index is 11.7. The van der Waals surface area contributed by atoms with Crippen LogP contribution in [0.5, 0.6) is 0 Å². The molecule has 0 bridgehead atoms. The molecule has 1 saturated carbocycles. The molecule has 106 valence electrons. The van der Waals surface area contributed by atoms with E-state index in [2.05, 4.69) is 10.1 Å². The summed E-state index contributed by atoms with van der Waals surface area (Å²) in [5.74, 6) is -0.652. The minimum Gasteiger partial charge on any atom is -0.481 e. The summed E-state index contributed by atoms with van der Waals surface area (Å²) in [6.45, 7) is 0.375. The molecule has 0 aromatic heterocycles. The molecular formula is C11H18F3NO3. The van der Waals surface area contributed by atoms with Crippen LogP contribution in [0.3, 0.4) is 0 Å². The van der Waals surface area contributed by atoms with E-state index in [0.29, 0.717) is 25.3 Å². The topological polar surface area (TPSA) is 58.6 Å². The van der Waals surface area contributed by atoms with Crippen LogP contribution in [-0.2, 0) is 9.53 Å². The molecule has 1 aliphatic rings. The van der Waals surface area contributed by atoms with Gasteiger partial charge in [-0.15, -0.1) is 13.2 Å². The lowest BCUT2D eigenvalue weighted by molar-refractivity contribution is -0.323. The predicted molar refractivity (Wildman–Crippen MR) is 58.0 cm³/mol. The third-order valence-corrected chi connectivity index (χ3v) is 3.17. The van der Waals surface area contributed by atoms with Crippen molar-refractivity contribution in [2.75, 3.05) is 19.7 Å². The van der Waals surface area contributed by atoms with E-state index < -0.39 is 18.9 Å². The van der Waals surface area contributed by atoms with Crippen molar-refractivity contribution in [1.82, 2.24) is 5.32 Å². The summed E-state index contributed by atoms with van der Waals surface area (Å²) < 4.78 is 38.6. The van der Waals surface area contributed by atoms with E-state index in [4.69, 9.17) is 5.11 Å². The second kappa shape index (κ2) is 6.94. The summed E-state index contributed by atoms with van der Waals surface area (Å²) in [5.41, 5.74) is 0. The van der Waals surface area contributed by atoms with Crippen LogP contribution in [0.25, 0.3) is 0 Å². The molecule has 2 N–H and O–H groups in total. The number of nitrogens with one attached hydrogen (secondary N) is 1. The number of aliphatic carboxylic acids is 1. The second-order valence-electron chi connectivity index (χ2n) is 4.55. The van der Waals surface area contributed by atoms with Crippen LogP contribution in [0.15, 0.2) is 0 Å². The molecule has 0 aromatic carbocycles. The van der Waals surface area contributed by atoms with Crippen LogP contribution in [0.1, 0.15) is 25.7 Å². The molecule has 1 fully saturated rings. The second-order valence-corrected chi connectivity index (χ2v) is 4.55. The Labute approximate surface area is 103 Å². The van der Waals surface area contributed by atoms with E-state index in [1.807, 2.05) is 0 Å².